The number of para-hydroxylation sites is 2. The minimum absolute atomic E-state index is 0.258. The Morgan fingerprint density at radius 3 is 2.61 bits per heavy atom. The molecular weight excluding hydrogens is 377 g/mol. The van der Waals surface area contributed by atoms with E-state index in [1.165, 1.54) is 6.07 Å². The predicted octanol–water partition coefficient (Wildman–Crippen LogP) is 5.48. The van der Waals surface area contributed by atoms with Crippen molar-refractivity contribution < 1.29 is 9.13 Å². The van der Waals surface area contributed by atoms with Gasteiger partial charge in [0.25, 0.3) is 0 Å². The van der Waals surface area contributed by atoms with Crippen LogP contribution in [-0.2, 0) is 0 Å². The van der Waals surface area contributed by atoms with Crippen LogP contribution < -0.4 is 10.1 Å². The van der Waals surface area contributed by atoms with Crippen molar-refractivity contribution in [2.75, 3.05) is 19.0 Å². The second-order valence-corrected chi connectivity index (χ2v) is 6.63. The molecule has 1 heterocycles. The van der Waals surface area contributed by atoms with E-state index < -0.39 is 0 Å². The van der Waals surface area contributed by atoms with E-state index in [0.717, 1.165) is 5.69 Å². The number of nitrogens with zero attached hydrogens (tertiary/aromatic N) is 2. The highest BCUT2D eigenvalue weighted by Crippen LogP contribution is 2.30. The highest BCUT2D eigenvalue weighted by Gasteiger charge is 2.19. The molecule has 1 N–H and O–H groups in total. The van der Waals surface area contributed by atoms with Gasteiger partial charge in [-0.25, -0.2) is 9.38 Å². The first-order chi connectivity index (χ1) is 13.7. The lowest BCUT2D eigenvalue weighted by Gasteiger charge is -2.11. The van der Waals surface area contributed by atoms with E-state index in [4.69, 9.17) is 21.3 Å². The molecule has 3 aromatic carbocycles. The summed E-state index contributed by atoms with van der Waals surface area (Å²) >= 11 is 6.20. The number of anilines is 1. The Balaban J connectivity index is 1.79. The molecule has 0 fully saturated rings. The van der Waals surface area contributed by atoms with Crippen molar-refractivity contribution in [2.24, 2.45) is 9.98 Å². The topological polar surface area (TPSA) is 46.0 Å². The van der Waals surface area contributed by atoms with Crippen LogP contribution in [0.3, 0.4) is 0 Å². The van der Waals surface area contributed by atoms with Gasteiger partial charge in [-0.05, 0) is 42.5 Å². The fourth-order valence-corrected chi connectivity index (χ4v) is 3.24. The zero-order chi connectivity index (χ0) is 19.5. The van der Waals surface area contributed by atoms with E-state index in [1.807, 2.05) is 30.3 Å². The van der Waals surface area contributed by atoms with E-state index >= 15 is 0 Å². The molecule has 0 radical (unpaired) electrons. The van der Waals surface area contributed by atoms with Crippen molar-refractivity contribution in [1.29, 1.82) is 0 Å². The van der Waals surface area contributed by atoms with Gasteiger partial charge in [0.05, 0.1) is 30.7 Å². The lowest BCUT2D eigenvalue weighted by Crippen LogP contribution is -2.16. The average molecular weight is 394 g/mol. The molecule has 0 aromatic heterocycles. The van der Waals surface area contributed by atoms with Crippen LogP contribution in [0.15, 0.2) is 76.7 Å². The molecule has 6 heteroatoms. The Morgan fingerprint density at radius 1 is 1.00 bits per heavy atom. The largest absolute Gasteiger partial charge is 0.495 e. The summed E-state index contributed by atoms with van der Waals surface area (Å²) in [7, 11) is 1.61. The second-order valence-electron chi connectivity index (χ2n) is 6.19. The fourth-order valence-electron chi connectivity index (χ4n) is 3.07. The Morgan fingerprint density at radius 2 is 1.79 bits per heavy atom. The van der Waals surface area contributed by atoms with Crippen molar-refractivity contribution in [1.82, 2.24) is 0 Å². The Bertz CT molecular complexity index is 1090. The molecule has 0 aliphatic carbocycles. The number of aliphatic imine (C=N–C) groups is 2. The van der Waals surface area contributed by atoms with Crippen molar-refractivity contribution in [2.45, 2.75) is 0 Å². The summed E-state index contributed by atoms with van der Waals surface area (Å²) in [6.45, 7) is 0.258. The number of benzene rings is 3. The summed E-state index contributed by atoms with van der Waals surface area (Å²) in [4.78, 5) is 9.36. The van der Waals surface area contributed by atoms with Crippen LogP contribution in [0, 0.1) is 5.82 Å². The van der Waals surface area contributed by atoms with Crippen LogP contribution in [0.25, 0.3) is 0 Å². The zero-order valence-electron chi connectivity index (χ0n) is 15.1. The van der Waals surface area contributed by atoms with Crippen LogP contribution in [-0.4, -0.2) is 25.2 Å². The van der Waals surface area contributed by atoms with Crippen molar-refractivity contribution in [3.05, 3.63) is 88.7 Å². The molecule has 0 saturated heterocycles. The number of methoxy groups -OCH3 is 1. The molecule has 0 unspecified atom stereocenters. The molecule has 0 atom stereocenters. The Kier molecular flexibility index (Phi) is 5.08. The van der Waals surface area contributed by atoms with Crippen molar-refractivity contribution >= 4 is 34.5 Å². The lowest BCUT2D eigenvalue weighted by molar-refractivity contribution is 0.417. The summed E-state index contributed by atoms with van der Waals surface area (Å²) in [5.74, 6) is 0.983. The number of hydrogen-bond donors (Lipinski definition) is 1. The first kappa shape index (κ1) is 18.2. The van der Waals surface area contributed by atoms with Gasteiger partial charge < -0.3 is 10.1 Å². The van der Waals surface area contributed by atoms with E-state index in [-0.39, 0.29) is 12.4 Å². The van der Waals surface area contributed by atoms with Gasteiger partial charge in [0.1, 0.15) is 17.4 Å². The molecule has 0 saturated carbocycles. The molecule has 0 amide bonds. The van der Waals surface area contributed by atoms with Gasteiger partial charge in [0.2, 0.25) is 0 Å². The number of ether oxygens (including phenoxy) is 1. The van der Waals surface area contributed by atoms with Gasteiger partial charge in [-0.1, -0.05) is 35.9 Å². The number of halogens is 2. The maximum Gasteiger partial charge on any atom is 0.142 e. The Labute approximate surface area is 167 Å². The molecule has 0 bridgehead atoms. The SMILES string of the molecule is COc1ccccc1NC1=Nc2ccc(Cl)cc2C(c2ccccc2F)=NC1. The third-order valence-electron chi connectivity index (χ3n) is 4.37. The maximum atomic E-state index is 14.5. The number of rotatable bonds is 3. The molecule has 1 aliphatic rings. The summed E-state index contributed by atoms with van der Waals surface area (Å²) in [5.41, 5.74) is 3.08. The zero-order valence-corrected chi connectivity index (χ0v) is 15.9. The summed E-state index contributed by atoms with van der Waals surface area (Å²) in [5, 5.41) is 3.81. The quantitative estimate of drug-likeness (QED) is 0.640. The smallest absolute Gasteiger partial charge is 0.142 e. The van der Waals surface area contributed by atoms with Crippen LogP contribution in [0.5, 0.6) is 5.75 Å². The van der Waals surface area contributed by atoms with Gasteiger partial charge in [0.15, 0.2) is 0 Å². The minimum atomic E-state index is -0.340. The summed E-state index contributed by atoms with van der Waals surface area (Å²) < 4.78 is 19.8. The number of hydrogen-bond acceptors (Lipinski definition) is 4. The van der Waals surface area contributed by atoms with E-state index in [0.29, 0.717) is 39.1 Å². The molecule has 0 spiro atoms. The molecule has 28 heavy (non-hydrogen) atoms. The third-order valence-corrected chi connectivity index (χ3v) is 4.61. The standard InChI is InChI=1S/C22H17ClFN3O/c1-28-20-9-5-4-8-19(20)27-21-13-25-22(15-6-2-3-7-17(15)24)16-12-14(23)10-11-18(16)26-21/h2-12H,13H2,1H3,(H,26,27). The highest BCUT2D eigenvalue weighted by molar-refractivity contribution is 6.31. The van der Waals surface area contributed by atoms with Crippen molar-refractivity contribution in [3.63, 3.8) is 0 Å². The molecule has 4 rings (SSSR count). The first-order valence-electron chi connectivity index (χ1n) is 8.72. The fraction of sp³-hybridized carbons (Fsp3) is 0.0909. The van der Waals surface area contributed by atoms with E-state index in [9.17, 15) is 4.39 Å². The first-order valence-corrected chi connectivity index (χ1v) is 9.10. The van der Waals surface area contributed by atoms with Crippen LogP contribution in [0.1, 0.15) is 11.1 Å². The molecule has 140 valence electrons. The average Bonchev–Trinajstić information content (AvgIpc) is 2.88. The van der Waals surface area contributed by atoms with Gasteiger partial charge in [-0.2, -0.15) is 0 Å². The van der Waals surface area contributed by atoms with Gasteiger partial charge in [-0.3, -0.25) is 4.99 Å². The molecule has 4 nitrogen and oxygen atoms in total. The molecule has 3 aromatic rings. The maximum absolute atomic E-state index is 14.5. The van der Waals surface area contributed by atoms with Gasteiger partial charge >= 0.3 is 0 Å². The Hall–Kier alpha value is -3.18. The van der Waals surface area contributed by atoms with Gasteiger partial charge in [-0.15, -0.1) is 0 Å². The highest BCUT2D eigenvalue weighted by atomic mass is 35.5. The second kappa shape index (κ2) is 7.82. The lowest BCUT2D eigenvalue weighted by atomic mass is 10.0. The van der Waals surface area contributed by atoms with E-state index in [2.05, 4.69) is 10.3 Å². The molecular formula is C22H17ClFN3O. The number of nitrogens with one attached hydrogen (secondary N) is 1. The summed E-state index contributed by atoms with van der Waals surface area (Å²) in [6.07, 6.45) is 0. The minimum Gasteiger partial charge on any atom is -0.495 e. The van der Waals surface area contributed by atoms with Gasteiger partial charge in [0, 0.05) is 16.1 Å². The van der Waals surface area contributed by atoms with E-state index in [1.54, 1.807) is 37.4 Å². The number of amidine groups is 1. The van der Waals surface area contributed by atoms with Crippen LogP contribution in [0.2, 0.25) is 5.02 Å². The van der Waals surface area contributed by atoms with Crippen LogP contribution in [0.4, 0.5) is 15.8 Å². The normalized spacial score (nSPS) is 13.1. The number of fused-ring (bicyclic) bond motifs is 1. The third kappa shape index (κ3) is 3.62. The summed E-state index contributed by atoms with van der Waals surface area (Å²) in [6, 6.07) is 19.5. The monoisotopic (exact) mass is 393 g/mol. The molecule has 1 aliphatic heterocycles. The predicted molar refractivity (Wildman–Crippen MR) is 112 cm³/mol. The van der Waals surface area contributed by atoms with Crippen molar-refractivity contribution in [3.8, 4) is 5.75 Å². The van der Waals surface area contributed by atoms with Crippen LogP contribution >= 0.6 is 11.6 Å².